The summed E-state index contributed by atoms with van der Waals surface area (Å²) in [6.07, 6.45) is -0.513. The molecule has 0 aliphatic rings. The van der Waals surface area contributed by atoms with Gasteiger partial charge in [-0.25, -0.2) is 0 Å². The summed E-state index contributed by atoms with van der Waals surface area (Å²) in [6.45, 7) is 2.49. The van der Waals surface area contributed by atoms with Gasteiger partial charge in [0.1, 0.15) is 5.01 Å². The first-order valence-electron chi connectivity index (χ1n) is 8.58. The Kier molecular flexibility index (Phi) is 6.98. The Labute approximate surface area is 166 Å². The van der Waals surface area contributed by atoms with Gasteiger partial charge in [0, 0.05) is 18.1 Å². The lowest BCUT2D eigenvalue weighted by atomic mass is 10.1. The number of carbonyl (C=O) groups excluding carboxylic acids is 1. The number of benzene rings is 2. The van der Waals surface area contributed by atoms with Gasteiger partial charge in [-0.1, -0.05) is 71.5 Å². The Hall–Kier alpha value is -2.22. The van der Waals surface area contributed by atoms with Gasteiger partial charge in [-0.15, -0.1) is 10.2 Å². The molecule has 0 saturated heterocycles. The number of aliphatic hydroxyl groups is 1. The number of aryl methyl sites for hydroxylation is 1. The number of rotatable bonds is 8. The van der Waals surface area contributed by atoms with Crippen LogP contribution in [0.3, 0.4) is 0 Å². The summed E-state index contributed by atoms with van der Waals surface area (Å²) in [5.41, 5.74) is 3.14. The first-order valence-corrected chi connectivity index (χ1v) is 10.6. The van der Waals surface area contributed by atoms with Gasteiger partial charge in [-0.05, 0) is 18.1 Å². The smallest absolute Gasteiger partial charge is 0.282 e. The van der Waals surface area contributed by atoms with E-state index in [4.69, 9.17) is 0 Å². The van der Waals surface area contributed by atoms with Crippen LogP contribution in [0.4, 0.5) is 0 Å². The number of aliphatic hydroxyl groups excluding tert-OH is 1. The van der Waals surface area contributed by atoms with E-state index in [1.165, 1.54) is 16.9 Å². The molecule has 1 amide bonds. The SMILES string of the molecule is Cc1ccc(CNC(=O)c2nnc(CSCC(O)c3ccccc3)s2)cc1. The van der Waals surface area contributed by atoms with Crippen molar-refractivity contribution in [2.75, 3.05) is 5.75 Å². The molecule has 27 heavy (non-hydrogen) atoms. The first kappa shape index (κ1) is 19.5. The lowest BCUT2D eigenvalue weighted by Gasteiger charge is -2.09. The normalized spacial score (nSPS) is 11.9. The molecule has 1 aromatic heterocycles. The van der Waals surface area contributed by atoms with Crippen molar-refractivity contribution in [1.82, 2.24) is 15.5 Å². The average molecular weight is 400 g/mol. The third-order valence-corrected chi connectivity index (χ3v) is 6.05. The number of nitrogens with zero attached hydrogens (tertiary/aromatic N) is 2. The fraction of sp³-hybridized carbons (Fsp3) is 0.250. The number of carbonyl (C=O) groups is 1. The Bertz CT molecular complexity index is 866. The standard InChI is InChI=1S/C20H21N3O2S2/c1-14-7-9-15(10-8-14)11-21-19(25)20-23-22-18(27-20)13-26-12-17(24)16-5-3-2-4-6-16/h2-10,17,24H,11-13H2,1H3,(H,21,25). The minimum absolute atomic E-state index is 0.214. The summed E-state index contributed by atoms with van der Waals surface area (Å²) < 4.78 is 0. The number of nitrogens with one attached hydrogen (secondary N) is 1. The summed E-state index contributed by atoms with van der Waals surface area (Å²) in [5.74, 6) is 0.972. The maximum Gasteiger partial charge on any atom is 0.282 e. The zero-order valence-corrected chi connectivity index (χ0v) is 16.6. The van der Waals surface area contributed by atoms with E-state index in [-0.39, 0.29) is 5.91 Å². The fourth-order valence-electron chi connectivity index (χ4n) is 2.40. The van der Waals surface area contributed by atoms with E-state index in [9.17, 15) is 9.90 Å². The highest BCUT2D eigenvalue weighted by molar-refractivity contribution is 7.98. The van der Waals surface area contributed by atoms with Crippen molar-refractivity contribution in [2.45, 2.75) is 25.3 Å². The molecule has 0 saturated carbocycles. The molecule has 1 atom stereocenters. The molecular formula is C20H21N3O2S2. The second-order valence-corrected chi connectivity index (χ2v) is 8.20. The van der Waals surface area contributed by atoms with Crippen LogP contribution in [0.1, 0.15) is 37.6 Å². The molecule has 3 rings (SSSR count). The monoisotopic (exact) mass is 399 g/mol. The molecule has 0 fully saturated rings. The van der Waals surface area contributed by atoms with Crippen LogP contribution >= 0.6 is 23.1 Å². The first-order chi connectivity index (χ1) is 13.1. The van der Waals surface area contributed by atoms with Crippen molar-refractivity contribution in [3.05, 3.63) is 81.3 Å². The third-order valence-electron chi connectivity index (χ3n) is 3.92. The highest BCUT2D eigenvalue weighted by Crippen LogP contribution is 2.22. The van der Waals surface area contributed by atoms with Crippen molar-refractivity contribution in [3.8, 4) is 0 Å². The second kappa shape index (κ2) is 9.64. The Morgan fingerprint density at radius 3 is 2.63 bits per heavy atom. The lowest BCUT2D eigenvalue weighted by molar-refractivity contribution is 0.0950. The van der Waals surface area contributed by atoms with Crippen molar-refractivity contribution in [2.24, 2.45) is 0 Å². The minimum Gasteiger partial charge on any atom is -0.388 e. The predicted octanol–water partition coefficient (Wildman–Crippen LogP) is 3.74. The molecule has 2 aromatic carbocycles. The zero-order chi connectivity index (χ0) is 19.1. The van der Waals surface area contributed by atoms with Crippen LogP contribution in [0.25, 0.3) is 0 Å². The van der Waals surface area contributed by atoms with E-state index >= 15 is 0 Å². The average Bonchev–Trinajstić information content (AvgIpc) is 3.17. The van der Waals surface area contributed by atoms with E-state index in [0.717, 1.165) is 16.1 Å². The zero-order valence-electron chi connectivity index (χ0n) is 15.0. The minimum atomic E-state index is -0.513. The summed E-state index contributed by atoms with van der Waals surface area (Å²) in [6, 6.07) is 17.6. The summed E-state index contributed by atoms with van der Waals surface area (Å²) >= 11 is 2.86. The molecule has 0 bridgehead atoms. The van der Waals surface area contributed by atoms with Gasteiger partial charge >= 0.3 is 0 Å². The van der Waals surface area contributed by atoms with Crippen molar-refractivity contribution in [3.63, 3.8) is 0 Å². The number of thioether (sulfide) groups is 1. The van der Waals surface area contributed by atoms with Gasteiger partial charge in [-0.2, -0.15) is 11.8 Å². The van der Waals surface area contributed by atoms with Gasteiger partial charge in [0.25, 0.3) is 5.91 Å². The molecule has 140 valence electrons. The Morgan fingerprint density at radius 2 is 1.89 bits per heavy atom. The molecule has 5 nitrogen and oxygen atoms in total. The molecule has 0 radical (unpaired) electrons. The largest absolute Gasteiger partial charge is 0.388 e. The van der Waals surface area contributed by atoms with Gasteiger partial charge in [0.05, 0.1) is 6.10 Å². The van der Waals surface area contributed by atoms with E-state index in [0.29, 0.717) is 23.1 Å². The Morgan fingerprint density at radius 1 is 1.15 bits per heavy atom. The van der Waals surface area contributed by atoms with Crippen LogP contribution in [-0.2, 0) is 12.3 Å². The number of amides is 1. The molecule has 0 spiro atoms. The highest BCUT2D eigenvalue weighted by Gasteiger charge is 2.13. The number of hydrogen-bond acceptors (Lipinski definition) is 6. The van der Waals surface area contributed by atoms with E-state index in [2.05, 4.69) is 15.5 Å². The predicted molar refractivity (Wildman–Crippen MR) is 110 cm³/mol. The molecule has 1 heterocycles. The van der Waals surface area contributed by atoms with Gasteiger partial charge in [0.2, 0.25) is 5.01 Å². The van der Waals surface area contributed by atoms with Gasteiger partial charge in [-0.3, -0.25) is 4.79 Å². The van der Waals surface area contributed by atoms with Crippen LogP contribution in [0.15, 0.2) is 54.6 Å². The van der Waals surface area contributed by atoms with Crippen LogP contribution in [0.2, 0.25) is 0 Å². The van der Waals surface area contributed by atoms with Gasteiger partial charge < -0.3 is 10.4 Å². The fourth-order valence-corrected chi connectivity index (χ4v) is 4.20. The maximum atomic E-state index is 12.2. The highest BCUT2D eigenvalue weighted by atomic mass is 32.2. The number of aromatic nitrogens is 2. The van der Waals surface area contributed by atoms with Crippen molar-refractivity contribution in [1.29, 1.82) is 0 Å². The van der Waals surface area contributed by atoms with E-state index in [1.807, 2.05) is 61.5 Å². The summed E-state index contributed by atoms with van der Waals surface area (Å²) in [5, 5.41) is 22.2. The van der Waals surface area contributed by atoms with E-state index in [1.54, 1.807) is 11.8 Å². The topological polar surface area (TPSA) is 75.1 Å². The summed E-state index contributed by atoms with van der Waals surface area (Å²) in [4.78, 5) is 12.2. The van der Waals surface area contributed by atoms with Crippen LogP contribution in [0.5, 0.6) is 0 Å². The van der Waals surface area contributed by atoms with Crippen molar-refractivity contribution < 1.29 is 9.90 Å². The molecule has 1 unspecified atom stereocenters. The molecule has 2 N–H and O–H groups in total. The Balaban J connectivity index is 1.45. The molecule has 7 heteroatoms. The van der Waals surface area contributed by atoms with Crippen LogP contribution in [0, 0.1) is 6.92 Å². The van der Waals surface area contributed by atoms with Crippen LogP contribution < -0.4 is 5.32 Å². The second-order valence-electron chi connectivity index (χ2n) is 6.11. The maximum absolute atomic E-state index is 12.2. The molecule has 3 aromatic rings. The quantitative estimate of drug-likeness (QED) is 0.603. The summed E-state index contributed by atoms with van der Waals surface area (Å²) in [7, 11) is 0. The van der Waals surface area contributed by atoms with Crippen molar-refractivity contribution >= 4 is 29.0 Å². The van der Waals surface area contributed by atoms with E-state index < -0.39 is 6.10 Å². The lowest BCUT2D eigenvalue weighted by Crippen LogP contribution is -2.22. The third kappa shape index (κ3) is 5.89. The van der Waals surface area contributed by atoms with Gasteiger partial charge in [0.15, 0.2) is 0 Å². The number of hydrogen-bond donors (Lipinski definition) is 2. The van der Waals surface area contributed by atoms with Crippen LogP contribution in [-0.4, -0.2) is 27.0 Å². The molecule has 0 aliphatic heterocycles. The molecular weight excluding hydrogens is 378 g/mol. The molecule has 0 aliphatic carbocycles.